The van der Waals surface area contributed by atoms with E-state index in [0.29, 0.717) is 43.9 Å². The van der Waals surface area contributed by atoms with Crippen molar-refractivity contribution in [3.05, 3.63) is 59.7 Å². The minimum absolute atomic E-state index is 0.0371. The number of Topliss-reactive ketones (excluding diaryl/α,β-unsaturated/α-hetero) is 1. The summed E-state index contributed by atoms with van der Waals surface area (Å²) in [6.07, 6.45) is 0.494. The van der Waals surface area contributed by atoms with Crippen LogP contribution in [0.4, 0.5) is 14.5 Å². The van der Waals surface area contributed by atoms with Crippen LogP contribution in [0.5, 0.6) is 0 Å². The van der Waals surface area contributed by atoms with Gasteiger partial charge in [-0.1, -0.05) is 0 Å². The number of amides is 1. The van der Waals surface area contributed by atoms with E-state index >= 15 is 0 Å². The molecule has 0 radical (unpaired) electrons. The van der Waals surface area contributed by atoms with Gasteiger partial charge in [0, 0.05) is 44.7 Å². The molecule has 1 aliphatic rings. The average molecular weight is 466 g/mol. The third-order valence-electron chi connectivity index (χ3n) is 5.31. The zero-order valence-corrected chi connectivity index (χ0v) is 18.5. The molecule has 2 aromatic rings. The summed E-state index contributed by atoms with van der Waals surface area (Å²) in [5, 5.41) is 0. The lowest BCUT2D eigenvalue weighted by molar-refractivity contribution is -0.131. The highest BCUT2D eigenvalue weighted by Gasteiger charge is 2.23. The van der Waals surface area contributed by atoms with Gasteiger partial charge in [0.2, 0.25) is 15.9 Å². The van der Waals surface area contributed by atoms with Gasteiger partial charge in [-0.25, -0.2) is 21.9 Å². The molecule has 2 aromatic carbocycles. The van der Waals surface area contributed by atoms with E-state index < -0.39 is 21.7 Å². The van der Waals surface area contributed by atoms with E-state index in [1.54, 1.807) is 17.0 Å². The molecule has 0 spiro atoms. The van der Waals surface area contributed by atoms with Crippen molar-refractivity contribution in [2.45, 2.75) is 24.7 Å². The van der Waals surface area contributed by atoms with E-state index in [2.05, 4.69) is 4.72 Å². The number of carbonyl (C=O) groups is 2. The van der Waals surface area contributed by atoms with Crippen molar-refractivity contribution >= 4 is 27.4 Å². The molecule has 1 amide bonds. The lowest BCUT2D eigenvalue weighted by Gasteiger charge is -2.36. The molecule has 0 saturated carbocycles. The largest absolute Gasteiger partial charge is 0.366 e. The molecule has 172 valence electrons. The molecule has 0 unspecified atom stereocenters. The molecule has 1 fully saturated rings. The van der Waals surface area contributed by atoms with Gasteiger partial charge in [-0.15, -0.1) is 0 Å². The number of anilines is 1. The van der Waals surface area contributed by atoms with E-state index in [4.69, 9.17) is 0 Å². The van der Waals surface area contributed by atoms with Gasteiger partial charge in [-0.05, 0) is 55.8 Å². The molecule has 1 heterocycles. The lowest BCUT2D eigenvalue weighted by Crippen LogP contribution is -2.49. The van der Waals surface area contributed by atoms with Gasteiger partial charge in [0.25, 0.3) is 0 Å². The predicted octanol–water partition coefficient (Wildman–Crippen LogP) is 2.57. The maximum atomic E-state index is 14.3. The van der Waals surface area contributed by atoms with Gasteiger partial charge in [0.05, 0.1) is 10.6 Å². The van der Waals surface area contributed by atoms with Crippen LogP contribution in [0.15, 0.2) is 47.4 Å². The van der Waals surface area contributed by atoms with Gasteiger partial charge in [-0.3, -0.25) is 9.59 Å². The first kappa shape index (κ1) is 23.8. The quantitative estimate of drug-likeness (QED) is 0.478. The Morgan fingerprint density at radius 2 is 1.66 bits per heavy atom. The highest BCUT2D eigenvalue weighted by atomic mass is 32.2. The highest BCUT2D eigenvalue weighted by molar-refractivity contribution is 7.89. The van der Waals surface area contributed by atoms with Gasteiger partial charge in [0.1, 0.15) is 11.6 Å². The van der Waals surface area contributed by atoms with E-state index in [1.807, 2.05) is 4.90 Å². The number of hydrogen-bond donors (Lipinski definition) is 1. The molecule has 32 heavy (non-hydrogen) atoms. The van der Waals surface area contributed by atoms with Crippen LogP contribution < -0.4 is 9.62 Å². The zero-order chi connectivity index (χ0) is 23.3. The molecule has 7 nitrogen and oxygen atoms in total. The van der Waals surface area contributed by atoms with Gasteiger partial charge in [-0.2, -0.15) is 0 Å². The molecule has 0 atom stereocenters. The van der Waals surface area contributed by atoms with Gasteiger partial charge < -0.3 is 9.80 Å². The SMILES string of the molecule is CC(=O)c1ccc(N2CCN(C(=O)CCCNS(=O)(=O)c3ccc(F)cc3)CC2)c(F)c1. The fourth-order valence-corrected chi connectivity index (χ4v) is 4.55. The first-order valence-corrected chi connectivity index (χ1v) is 11.7. The van der Waals surface area contributed by atoms with Gasteiger partial charge in [0.15, 0.2) is 5.78 Å². The number of halogens is 2. The predicted molar refractivity (Wildman–Crippen MR) is 116 cm³/mol. The third-order valence-corrected chi connectivity index (χ3v) is 6.79. The average Bonchev–Trinajstić information content (AvgIpc) is 2.77. The van der Waals surface area contributed by atoms with Crippen LogP contribution in [-0.4, -0.2) is 57.7 Å². The van der Waals surface area contributed by atoms with Gasteiger partial charge >= 0.3 is 0 Å². The molecular weight excluding hydrogens is 440 g/mol. The first-order valence-electron chi connectivity index (χ1n) is 10.3. The maximum Gasteiger partial charge on any atom is 0.240 e. The smallest absolute Gasteiger partial charge is 0.240 e. The third kappa shape index (κ3) is 5.89. The van der Waals surface area contributed by atoms with Crippen LogP contribution >= 0.6 is 0 Å². The number of nitrogens with one attached hydrogen (secondary N) is 1. The molecule has 1 N–H and O–H groups in total. The second-order valence-electron chi connectivity index (χ2n) is 7.55. The number of benzene rings is 2. The van der Waals surface area contributed by atoms with Crippen molar-refractivity contribution < 1.29 is 26.8 Å². The van der Waals surface area contributed by atoms with Crippen LogP contribution in [0.25, 0.3) is 0 Å². The molecule has 1 aliphatic heterocycles. The zero-order valence-electron chi connectivity index (χ0n) is 17.7. The van der Waals surface area contributed by atoms with Crippen molar-refractivity contribution in [3.63, 3.8) is 0 Å². The summed E-state index contributed by atoms with van der Waals surface area (Å²) in [6, 6.07) is 8.89. The number of carbonyl (C=O) groups excluding carboxylic acids is 2. The van der Waals surface area contributed by atoms with Crippen LogP contribution in [-0.2, 0) is 14.8 Å². The second-order valence-corrected chi connectivity index (χ2v) is 9.31. The maximum absolute atomic E-state index is 14.3. The van der Waals surface area contributed by atoms with E-state index in [-0.39, 0.29) is 29.6 Å². The fourth-order valence-electron chi connectivity index (χ4n) is 3.48. The molecule has 0 aliphatic carbocycles. The Bertz CT molecular complexity index is 1080. The number of piperazine rings is 1. The van der Waals surface area contributed by atoms with Crippen molar-refractivity contribution in [1.82, 2.24) is 9.62 Å². The van der Waals surface area contributed by atoms with Crippen LogP contribution in [0.2, 0.25) is 0 Å². The summed E-state index contributed by atoms with van der Waals surface area (Å²) < 4.78 is 54.0. The Labute approximate surface area is 186 Å². The van der Waals surface area contributed by atoms with Crippen molar-refractivity contribution in [2.75, 3.05) is 37.6 Å². The fraction of sp³-hybridized carbons (Fsp3) is 0.364. The number of hydrogen-bond acceptors (Lipinski definition) is 5. The molecule has 1 saturated heterocycles. The highest BCUT2D eigenvalue weighted by Crippen LogP contribution is 2.22. The summed E-state index contributed by atoms with van der Waals surface area (Å²) in [5.41, 5.74) is 0.715. The van der Waals surface area contributed by atoms with Crippen LogP contribution in [0, 0.1) is 11.6 Å². The van der Waals surface area contributed by atoms with Crippen molar-refractivity contribution in [1.29, 1.82) is 0 Å². The molecule has 3 rings (SSSR count). The molecule has 0 aromatic heterocycles. The van der Waals surface area contributed by atoms with E-state index in [1.165, 1.54) is 25.1 Å². The summed E-state index contributed by atoms with van der Waals surface area (Å²) in [5.74, 6) is -1.29. The van der Waals surface area contributed by atoms with Crippen LogP contribution in [0.3, 0.4) is 0 Å². The minimum atomic E-state index is -3.76. The summed E-state index contributed by atoms with van der Waals surface area (Å²) in [7, 11) is -3.76. The van der Waals surface area contributed by atoms with Crippen LogP contribution in [0.1, 0.15) is 30.1 Å². The standard InChI is InChI=1S/C22H25F2N3O4S/c1-16(28)17-4-9-21(20(24)15-17)26-11-13-27(14-12-26)22(29)3-2-10-25-32(30,31)19-7-5-18(23)6-8-19/h4-9,15,25H,2-3,10-14H2,1H3. The number of nitrogens with zero attached hydrogens (tertiary/aromatic N) is 2. The Morgan fingerprint density at radius 3 is 2.25 bits per heavy atom. The Morgan fingerprint density at radius 1 is 1.00 bits per heavy atom. The molecular formula is C22H25F2N3O4S. The summed E-state index contributed by atoms with van der Waals surface area (Å²) in [6.45, 7) is 3.23. The summed E-state index contributed by atoms with van der Waals surface area (Å²) >= 11 is 0. The normalized spacial score (nSPS) is 14.5. The number of rotatable bonds is 8. The number of ketones is 1. The molecule has 10 heteroatoms. The Balaban J connectivity index is 1.44. The van der Waals surface area contributed by atoms with Crippen molar-refractivity contribution in [3.8, 4) is 0 Å². The molecule has 0 bridgehead atoms. The van der Waals surface area contributed by atoms with E-state index in [0.717, 1.165) is 12.1 Å². The Kier molecular flexibility index (Phi) is 7.57. The topological polar surface area (TPSA) is 86.8 Å². The number of sulfonamides is 1. The van der Waals surface area contributed by atoms with Crippen molar-refractivity contribution in [2.24, 2.45) is 0 Å². The first-order chi connectivity index (χ1) is 15.2. The summed E-state index contributed by atoms with van der Waals surface area (Å²) in [4.78, 5) is 27.3. The van der Waals surface area contributed by atoms with E-state index in [9.17, 15) is 26.8 Å². The lowest BCUT2D eigenvalue weighted by atomic mass is 10.1. The second kappa shape index (κ2) is 10.2. The minimum Gasteiger partial charge on any atom is -0.366 e. The monoisotopic (exact) mass is 465 g/mol. The Hall–Kier alpha value is -2.85.